The van der Waals surface area contributed by atoms with Crippen LogP contribution in [-0.4, -0.2) is 33.1 Å². The molecule has 2 atom stereocenters. The van der Waals surface area contributed by atoms with E-state index in [9.17, 15) is 23.5 Å². The molecule has 1 aromatic carbocycles. The highest BCUT2D eigenvalue weighted by Crippen LogP contribution is 2.27. The summed E-state index contributed by atoms with van der Waals surface area (Å²) in [7, 11) is -1.00. The fourth-order valence-electron chi connectivity index (χ4n) is 1.68. The molecule has 0 heterocycles. The average Bonchev–Trinajstić information content (AvgIpc) is 2.35. The molecule has 116 valence electrons. The van der Waals surface area contributed by atoms with Gasteiger partial charge in [-0.05, 0) is 19.4 Å². The molecule has 0 aliphatic carbocycles. The quantitative estimate of drug-likeness (QED) is 0.465. The number of nitrogens with zero attached hydrogens (tertiary/aromatic N) is 1. The van der Waals surface area contributed by atoms with Crippen molar-refractivity contribution in [3.8, 4) is 0 Å². The molecule has 0 spiro atoms. The smallest absolute Gasteiger partial charge is 0.293 e. The van der Waals surface area contributed by atoms with Gasteiger partial charge in [0.05, 0.1) is 4.92 Å². The van der Waals surface area contributed by atoms with E-state index in [1.54, 1.807) is 6.92 Å². The van der Waals surface area contributed by atoms with Crippen LogP contribution in [0.3, 0.4) is 0 Å². The molecule has 1 rings (SSSR count). The van der Waals surface area contributed by atoms with Crippen LogP contribution in [0.4, 0.5) is 15.8 Å². The number of rotatable bonds is 6. The Bertz CT molecular complexity index is 594. The number of nitro groups is 1. The number of carbonyl (C=O) groups is 1. The Kier molecular flexibility index (Phi) is 5.77. The lowest BCUT2D eigenvalue weighted by Crippen LogP contribution is -2.34. The van der Waals surface area contributed by atoms with E-state index in [2.05, 4.69) is 5.32 Å². The number of hydrogen-bond acceptors (Lipinski definition) is 5. The third kappa shape index (κ3) is 4.48. The molecule has 21 heavy (non-hydrogen) atoms. The first-order chi connectivity index (χ1) is 9.73. The van der Waals surface area contributed by atoms with Gasteiger partial charge in [0.2, 0.25) is 0 Å². The maximum absolute atomic E-state index is 13.7. The Morgan fingerprint density at radius 1 is 1.57 bits per heavy atom. The molecule has 0 bridgehead atoms. The van der Waals surface area contributed by atoms with Gasteiger partial charge in [0.15, 0.2) is 0 Å². The van der Waals surface area contributed by atoms with Crippen molar-refractivity contribution in [2.24, 2.45) is 0 Å². The van der Waals surface area contributed by atoms with Crippen molar-refractivity contribution in [3.63, 3.8) is 0 Å². The number of halogens is 1. The molecule has 7 nitrogen and oxygen atoms in total. The molecule has 0 aliphatic rings. The summed E-state index contributed by atoms with van der Waals surface area (Å²) >= 11 is 0. The van der Waals surface area contributed by atoms with Gasteiger partial charge in [-0.25, -0.2) is 4.39 Å². The molecule has 2 unspecified atom stereocenters. The lowest BCUT2D eigenvalue weighted by Gasteiger charge is -2.14. The lowest BCUT2D eigenvalue weighted by molar-refractivity contribution is -0.384. The zero-order valence-electron chi connectivity index (χ0n) is 11.6. The Morgan fingerprint density at radius 3 is 2.71 bits per heavy atom. The Balaban J connectivity index is 2.94. The number of anilines is 1. The summed E-state index contributed by atoms with van der Waals surface area (Å²) in [6.45, 7) is 1.66. The molecule has 1 amide bonds. The first-order valence-corrected chi connectivity index (χ1v) is 7.80. The van der Waals surface area contributed by atoms with Gasteiger partial charge in [-0.1, -0.05) is 0 Å². The molecule has 0 saturated carbocycles. The van der Waals surface area contributed by atoms with Crippen LogP contribution >= 0.6 is 0 Å². The Labute approximate surface area is 123 Å². The van der Waals surface area contributed by atoms with Crippen LogP contribution in [0.5, 0.6) is 0 Å². The molecule has 0 saturated heterocycles. The highest BCUT2D eigenvalue weighted by Gasteiger charge is 2.24. The van der Waals surface area contributed by atoms with E-state index in [1.165, 1.54) is 6.26 Å². The average molecular weight is 317 g/mol. The minimum atomic E-state index is -1.00. The third-order valence-corrected chi connectivity index (χ3v) is 3.62. The normalized spacial score (nSPS) is 13.5. The zero-order chi connectivity index (χ0) is 16.2. The number of nitro benzene ring substituents is 1. The maximum Gasteiger partial charge on any atom is 0.293 e. The van der Waals surface area contributed by atoms with Crippen LogP contribution < -0.4 is 11.1 Å². The first-order valence-electron chi connectivity index (χ1n) is 6.07. The van der Waals surface area contributed by atoms with E-state index in [0.717, 1.165) is 12.1 Å². The number of benzene rings is 1. The minimum absolute atomic E-state index is 0.362. The van der Waals surface area contributed by atoms with Crippen LogP contribution in [0, 0.1) is 15.9 Å². The number of amides is 1. The highest BCUT2D eigenvalue weighted by molar-refractivity contribution is 7.84. The summed E-state index contributed by atoms with van der Waals surface area (Å²) in [6.07, 6.45) is 1.97. The predicted molar refractivity (Wildman–Crippen MR) is 77.9 cm³/mol. The Hall–Kier alpha value is -2.03. The Morgan fingerprint density at radius 2 is 2.19 bits per heavy atom. The summed E-state index contributed by atoms with van der Waals surface area (Å²) in [6, 6.07) is 1.37. The van der Waals surface area contributed by atoms with Crippen molar-refractivity contribution in [1.82, 2.24) is 5.32 Å². The summed E-state index contributed by atoms with van der Waals surface area (Å²) in [5.74, 6) is -1.38. The topological polar surface area (TPSA) is 115 Å². The van der Waals surface area contributed by atoms with Crippen molar-refractivity contribution in [1.29, 1.82) is 0 Å². The third-order valence-electron chi connectivity index (χ3n) is 2.81. The number of nitrogens with two attached hydrogens (primary N) is 1. The fraction of sp³-hybridized carbons (Fsp3) is 0.417. The van der Waals surface area contributed by atoms with Crippen molar-refractivity contribution < 1.29 is 18.3 Å². The van der Waals surface area contributed by atoms with Gasteiger partial charge < -0.3 is 11.1 Å². The standard InChI is InChI=1S/C12H16FN3O4S/c1-7(5-6-21(2)20)15-12(17)10-8(13)3-4-9(11(10)14)16(18)19/h3-4,7H,5-6,14H2,1-2H3,(H,15,17). The van der Waals surface area contributed by atoms with Crippen molar-refractivity contribution in [2.45, 2.75) is 19.4 Å². The summed E-state index contributed by atoms with van der Waals surface area (Å²) in [5.41, 5.74) is 3.91. The van der Waals surface area contributed by atoms with Gasteiger partial charge >= 0.3 is 0 Å². The first kappa shape index (κ1) is 17.0. The molecule has 0 aromatic heterocycles. The van der Waals surface area contributed by atoms with Crippen LogP contribution in [-0.2, 0) is 10.8 Å². The van der Waals surface area contributed by atoms with Gasteiger partial charge in [0, 0.05) is 34.9 Å². The van der Waals surface area contributed by atoms with Crippen LogP contribution in [0.2, 0.25) is 0 Å². The molecule has 0 aliphatic heterocycles. The van der Waals surface area contributed by atoms with Gasteiger partial charge in [0.25, 0.3) is 11.6 Å². The second-order valence-corrected chi connectivity index (χ2v) is 6.11. The SMILES string of the molecule is CC(CCS(C)=O)NC(=O)c1c(F)ccc([N+](=O)[O-])c1N. The number of nitrogen functional groups attached to an aromatic ring is 1. The second kappa shape index (κ2) is 7.11. The zero-order valence-corrected chi connectivity index (χ0v) is 12.4. The van der Waals surface area contributed by atoms with Gasteiger partial charge in [-0.2, -0.15) is 0 Å². The second-order valence-electron chi connectivity index (χ2n) is 4.55. The van der Waals surface area contributed by atoms with Crippen molar-refractivity contribution >= 4 is 28.1 Å². The summed E-state index contributed by atoms with van der Waals surface area (Å²) < 4.78 is 24.7. The number of hydrogen-bond donors (Lipinski definition) is 2. The van der Waals surface area contributed by atoms with Crippen LogP contribution in [0.15, 0.2) is 12.1 Å². The van der Waals surface area contributed by atoms with Crippen molar-refractivity contribution in [3.05, 3.63) is 33.6 Å². The molecule has 1 aromatic rings. The molecular formula is C12H16FN3O4S. The number of carbonyl (C=O) groups excluding carboxylic acids is 1. The van der Waals surface area contributed by atoms with Crippen LogP contribution in [0.1, 0.15) is 23.7 Å². The summed E-state index contributed by atoms with van der Waals surface area (Å²) in [5, 5.41) is 13.2. The van der Waals surface area contributed by atoms with Gasteiger partial charge in [-0.3, -0.25) is 19.1 Å². The maximum atomic E-state index is 13.7. The molecule has 9 heteroatoms. The van der Waals surface area contributed by atoms with Crippen molar-refractivity contribution in [2.75, 3.05) is 17.7 Å². The van der Waals surface area contributed by atoms with E-state index >= 15 is 0 Å². The van der Waals surface area contributed by atoms with E-state index in [-0.39, 0.29) is 6.04 Å². The van der Waals surface area contributed by atoms with E-state index in [1.807, 2.05) is 0 Å². The summed E-state index contributed by atoms with van der Waals surface area (Å²) in [4.78, 5) is 21.9. The van der Waals surface area contributed by atoms with E-state index < -0.39 is 44.4 Å². The van der Waals surface area contributed by atoms with E-state index in [0.29, 0.717) is 12.2 Å². The van der Waals surface area contributed by atoms with Gasteiger partial charge in [-0.15, -0.1) is 0 Å². The molecule has 0 fully saturated rings. The minimum Gasteiger partial charge on any atom is -0.392 e. The molecular weight excluding hydrogens is 301 g/mol. The molecule has 3 N–H and O–H groups in total. The molecule has 0 radical (unpaired) electrons. The number of nitrogens with one attached hydrogen (secondary N) is 1. The van der Waals surface area contributed by atoms with E-state index in [4.69, 9.17) is 5.73 Å². The largest absolute Gasteiger partial charge is 0.392 e. The fourth-order valence-corrected chi connectivity index (χ4v) is 2.37. The predicted octanol–water partition coefficient (Wildman–Crippen LogP) is 1.20. The van der Waals surface area contributed by atoms with Gasteiger partial charge in [0.1, 0.15) is 17.1 Å². The highest BCUT2D eigenvalue weighted by atomic mass is 32.2. The lowest BCUT2D eigenvalue weighted by atomic mass is 10.1. The van der Waals surface area contributed by atoms with Crippen LogP contribution in [0.25, 0.3) is 0 Å². The monoisotopic (exact) mass is 317 g/mol.